The fraction of sp³-hybridized carbons (Fsp3) is 0.375. The van der Waals surface area contributed by atoms with E-state index in [9.17, 15) is 9.90 Å². The second-order valence-corrected chi connectivity index (χ2v) is 3.79. The Morgan fingerprint density at radius 1 is 1.33 bits per heavy atom. The van der Waals surface area contributed by atoms with Gasteiger partial charge < -0.3 is 15.8 Å². The average Bonchev–Trinajstić information content (AvgIpc) is 2.46. The van der Waals surface area contributed by atoms with Crippen molar-refractivity contribution in [3.8, 4) is 0 Å². The van der Waals surface area contributed by atoms with E-state index in [-0.39, 0.29) is 22.9 Å². The fourth-order valence-electron chi connectivity index (χ4n) is 1.21. The number of nitrogens with two attached hydrogens (primary N) is 1. The largest absolute Gasteiger partial charge is 0.383 e. The number of fused-ring (bicyclic) bond motifs is 1. The van der Waals surface area contributed by atoms with Crippen LogP contribution in [0.15, 0.2) is 4.79 Å². The third-order valence-electron chi connectivity index (χ3n) is 1.96. The van der Waals surface area contributed by atoms with E-state index in [1.807, 2.05) is 0 Å². The van der Waals surface area contributed by atoms with Crippen LogP contribution >= 0.6 is 0 Å². The van der Waals surface area contributed by atoms with Crippen LogP contribution in [0.1, 0.15) is 19.7 Å². The SMILES string of the molecule is CC(C)(O)c1nc2nc(N)[nH]c(=O)c2[nH]1. The predicted octanol–water partition coefficient (Wildman–Crippen LogP) is -0.544. The standard InChI is InChI=1S/C8H11N5O2/c1-8(2,15)6-10-3-4(11-6)12-7(9)13-5(3)14/h15H,1-2H3,(H4,9,10,11,12,13,14). The third-order valence-corrected chi connectivity index (χ3v) is 1.96. The molecule has 7 heteroatoms. The van der Waals surface area contributed by atoms with Gasteiger partial charge in [0.2, 0.25) is 5.95 Å². The zero-order valence-electron chi connectivity index (χ0n) is 8.33. The smallest absolute Gasteiger partial charge is 0.278 e. The van der Waals surface area contributed by atoms with Crippen LogP contribution in [0.25, 0.3) is 11.2 Å². The van der Waals surface area contributed by atoms with Crippen molar-refractivity contribution in [2.24, 2.45) is 0 Å². The molecule has 0 radical (unpaired) electrons. The van der Waals surface area contributed by atoms with Crippen molar-refractivity contribution in [2.45, 2.75) is 19.4 Å². The Hall–Kier alpha value is -1.89. The van der Waals surface area contributed by atoms with Crippen LogP contribution in [0.4, 0.5) is 5.95 Å². The monoisotopic (exact) mass is 209 g/mol. The van der Waals surface area contributed by atoms with Crippen molar-refractivity contribution in [3.63, 3.8) is 0 Å². The average molecular weight is 209 g/mol. The number of imidazole rings is 1. The van der Waals surface area contributed by atoms with Gasteiger partial charge in [0.1, 0.15) is 11.4 Å². The maximum absolute atomic E-state index is 11.4. The molecule has 7 nitrogen and oxygen atoms in total. The molecule has 2 rings (SSSR count). The van der Waals surface area contributed by atoms with Gasteiger partial charge in [-0.2, -0.15) is 4.98 Å². The number of aromatic nitrogens is 4. The second-order valence-electron chi connectivity index (χ2n) is 3.79. The fourth-order valence-corrected chi connectivity index (χ4v) is 1.21. The molecule has 2 heterocycles. The van der Waals surface area contributed by atoms with Gasteiger partial charge in [-0.15, -0.1) is 0 Å². The van der Waals surface area contributed by atoms with E-state index in [1.54, 1.807) is 13.8 Å². The molecule has 2 aromatic rings. The Morgan fingerprint density at radius 3 is 2.60 bits per heavy atom. The molecule has 0 unspecified atom stereocenters. The molecule has 0 aliphatic heterocycles. The lowest BCUT2D eigenvalue weighted by Gasteiger charge is -2.12. The highest BCUT2D eigenvalue weighted by Crippen LogP contribution is 2.17. The summed E-state index contributed by atoms with van der Waals surface area (Å²) in [4.78, 5) is 24.3. The van der Waals surface area contributed by atoms with Crippen LogP contribution in [-0.2, 0) is 5.60 Å². The molecule has 0 aliphatic rings. The third kappa shape index (κ3) is 1.57. The lowest BCUT2D eigenvalue weighted by molar-refractivity contribution is 0.0700. The first-order chi connectivity index (χ1) is 6.88. The quantitative estimate of drug-likeness (QED) is 0.502. The molecule has 0 bridgehead atoms. The molecule has 0 aromatic carbocycles. The topological polar surface area (TPSA) is 121 Å². The van der Waals surface area contributed by atoms with Gasteiger partial charge in [-0.25, -0.2) is 4.98 Å². The number of H-pyrrole nitrogens is 2. The molecule has 0 saturated heterocycles. The number of nitrogens with zero attached hydrogens (tertiary/aromatic N) is 2. The van der Waals surface area contributed by atoms with Gasteiger partial charge in [-0.1, -0.05) is 0 Å². The van der Waals surface area contributed by atoms with Crippen molar-refractivity contribution >= 4 is 17.1 Å². The normalized spacial score (nSPS) is 12.2. The second kappa shape index (κ2) is 2.80. The maximum Gasteiger partial charge on any atom is 0.278 e. The van der Waals surface area contributed by atoms with E-state index < -0.39 is 11.2 Å². The Labute approximate surface area is 84.4 Å². The Morgan fingerprint density at radius 2 is 2.00 bits per heavy atom. The summed E-state index contributed by atoms with van der Waals surface area (Å²) in [5.41, 5.74) is 4.22. The van der Waals surface area contributed by atoms with Gasteiger partial charge in [-0.3, -0.25) is 9.78 Å². The number of aliphatic hydroxyl groups is 1. The molecule has 0 spiro atoms. The van der Waals surface area contributed by atoms with Gasteiger partial charge in [0, 0.05) is 0 Å². The van der Waals surface area contributed by atoms with Gasteiger partial charge in [-0.05, 0) is 13.8 Å². The molecule has 15 heavy (non-hydrogen) atoms. The number of nitrogens with one attached hydrogen (secondary N) is 2. The minimum atomic E-state index is -1.15. The first kappa shape index (κ1) is 9.66. The van der Waals surface area contributed by atoms with Gasteiger partial charge in [0.15, 0.2) is 11.2 Å². The van der Waals surface area contributed by atoms with Crippen LogP contribution in [0, 0.1) is 0 Å². The first-order valence-corrected chi connectivity index (χ1v) is 4.36. The van der Waals surface area contributed by atoms with Crippen LogP contribution in [0.2, 0.25) is 0 Å². The molecule has 0 saturated carbocycles. The molecular weight excluding hydrogens is 198 g/mol. The Kier molecular flexibility index (Phi) is 1.80. The van der Waals surface area contributed by atoms with Crippen molar-refractivity contribution in [2.75, 3.05) is 5.73 Å². The van der Waals surface area contributed by atoms with Gasteiger partial charge in [0.05, 0.1) is 0 Å². The summed E-state index contributed by atoms with van der Waals surface area (Å²) in [6.45, 7) is 3.12. The highest BCUT2D eigenvalue weighted by Gasteiger charge is 2.21. The minimum absolute atomic E-state index is 0.00120. The zero-order valence-corrected chi connectivity index (χ0v) is 8.33. The van der Waals surface area contributed by atoms with Crippen LogP contribution in [0.5, 0.6) is 0 Å². The van der Waals surface area contributed by atoms with E-state index in [1.165, 1.54) is 0 Å². The zero-order chi connectivity index (χ0) is 11.2. The van der Waals surface area contributed by atoms with Crippen molar-refractivity contribution in [1.29, 1.82) is 0 Å². The molecular formula is C8H11N5O2. The summed E-state index contributed by atoms with van der Waals surface area (Å²) in [5.74, 6) is 0.280. The number of nitrogen functional groups attached to an aromatic ring is 1. The lowest BCUT2D eigenvalue weighted by Crippen LogP contribution is -2.17. The molecule has 0 aliphatic carbocycles. The molecule has 5 N–H and O–H groups in total. The van der Waals surface area contributed by atoms with E-state index in [2.05, 4.69) is 19.9 Å². The molecule has 0 amide bonds. The number of aromatic amines is 2. The number of anilines is 1. The van der Waals surface area contributed by atoms with Crippen LogP contribution < -0.4 is 11.3 Å². The summed E-state index contributed by atoms with van der Waals surface area (Å²) < 4.78 is 0. The summed E-state index contributed by atoms with van der Waals surface area (Å²) in [6.07, 6.45) is 0. The summed E-state index contributed by atoms with van der Waals surface area (Å²) in [7, 11) is 0. The molecule has 2 aromatic heterocycles. The highest BCUT2D eigenvalue weighted by atomic mass is 16.3. The molecule has 80 valence electrons. The van der Waals surface area contributed by atoms with E-state index in [0.29, 0.717) is 0 Å². The lowest BCUT2D eigenvalue weighted by atomic mass is 10.1. The summed E-state index contributed by atoms with van der Waals surface area (Å²) in [6, 6.07) is 0. The van der Waals surface area contributed by atoms with E-state index in [0.717, 1.165) is 0 Å². The summed E-state index contributed by atoms with van der Waals surface area (Å²) in [5, 5.41) is 9.69. The molecule has 0 atom stereocenters. The maximum atomic E-state index is 11.4. The van der Waals surface area contributed by atoms with Gasteiger partial charge >= 0.3 is 0 Å². The number of rotatable bonds is 1. The Bertz CT molecular complexity index is 562. The van der Waals surface area contributed by atoms with E-state index >= 15 is 0 Å². The van der Waals surface area contributed by atoms with E-state index in [4.69, 9.17) is 5.73 Å². The van der Waals surface area contributed by atoms with Crippen molar-refractivity contribution in [3.05, 3.63) is 16.2 Å². The molecule has 0 fully saturated rings. The van der Waals surface area contributed by atoms with Crippen LogP contribution in [-0.4, -0.2) is 25.0 Å². The van der Waals surface area contributed by atoms with Crippen LogP contribution in [0.3, 0.4) is 0 Å². The van der Waals surface area contributed by atoms with Gasteiger partial charge in [0.25, 0.3) is 5.56 Å². The Balaban J connectivity index is 2.77. The minimum Gasteiger partial charge on any atom is -0.383 e. The first-order valence-electron chi connectivity index (χ1n) is 4.36. The van der Waals surface area contributed by atoms with Crippen molar-refractivity contribution in [1.82, 2.24) is 19.9 Å². The highest BCUT2D eigenvalue weighted by molar-refractivity contribution is 5.70. The number of hydrogen-bond donors (Lipinski definition) is 4. The number of hydrogen-bond acceptors (Lipinski definition) is 5. The van der Waals surface area contributed by atoms with Crippen molar-refractivity contribution < 1.29 is 5.11 Å². The summed E-state index contributed by atoms with van der Waals surface area (Å²) >= 11 is 0. The predicted molar refractivity (Wildman–Crippen MR) is 54.2 cm³/mol.